The number of rotatable bonds is 7. The summed E-state index contributed by atoms with van der Waals surface area (Å²) in [6.45, 7) is 4.17. The number of methoxy groups -OCH3 is 1. The van der Waals surface area contributed by atoms with E-state index in [1.54, 1.807) is 7.11 Å². The number of fused-ring (bicyclic) bond motifs is 1. The van der Waals surface area contributed by atoms with Crippen LogP contribution in [-0.4, -0.2) is 40.9 Å². The second-order valence-electron chi connectivity index (χ2n) is 5.57. The molecule has 1 saturated carbocycles. The summed E-state index contributed by atoms with van der Waals surface area (Å²) in [5.41, 5.74) is 0.443. The van der Waals surface area contributed by atoms with E-state index in [-0.39, 0.29) is 15.8 Å². The third-order valence-electron chi connectivity index (χ3n) is 4.09. The predicted octanol–water partition coefficient (Wildman–Crippen LogP) is 1.89. The van der Waals surface area contributed by atoms with Gasteiger partial charge in [0.25, 0.3) is 0 Å². The molecule has 2 fully saturated rings. The zero-order valence-corrected chi connectivity index (χ0v) is 12.8. The van der Waals surface area contributed by atoms with Crippen LogP contribution in [-0.2, 0) is 14.2 Å². The Morgan fingerprint density at radius 2 is 2.12 bits per heavy atom. The van der Waals surface area contributed by atoms with Gasteiger partial charge < -0.3 is 14.2 Å². The zero-order valence-electron chi connectivity index (χ0n) is 11.4. The van der Waals surface area contributed by atoms with Crippen LogP contribution >= 0.6 is 0 Å². The fourth-order valence-corrected chi connectivity index (χ4v) is 4.69. The van der Waals surface area contributed by atoms with Gasteiger partial charge >= 0.3 is 0 Å². The van der Waals surface area contributed by atoms with E-state index < -0.39 is 0 Å². The molecule has 1 aliphatic carbocycles. The highest BCUT2D eigenvalue weighted by molar-refractivity contribution is 6.37. The number of hydrogen-bond acceptors (Lipinski definition) is 3. The molecule has 2 aliphatic rings. The first kappa shape index (κ1) is 13.5. The van der Waals surface area contributed by atoms with Crippen LogP contribution < -0.4 is 0 Å². The molecule has 4 heteroatoms. The van der Waals surface area contributed by atoms with Gasteiger partial charge in [-0.15, -0.1) is 0 Å². The normalized spacial score (nSPS) is 35.8. The maximum atomic E-state index is 5.73. The van der Waals surface area contributed by atoms with Crippen molar-refractivity contribution in [1.29, 1.82) is 0 Å². The number of ether oxygens (including phenoxy) is 3. The summed E-state index contributed by atoms with van der Waals surface area (Å²) in [5.74, 6) is 0.929. The van der Waals surface area contributed by atoms with Crippen LogP contribution in [0.3, 0.4) is 0 Å². The Morgan fingerprint density at radius 1 is 1.29 bits per heavy atom. The molecule has 5 unspecified atom stereocenters. The molecule has 0 radical (unpaired) electrons. The molecular formula is C13H26O3Si. The van der Waals surface area contributed by atoms with Gasteiger partial charge in [-0.1, -0.05) is 12.5 Å². The summed E-state index contributed by atoms with van der Waals surface area (Å²) in [7, 11) is 1.59. The molecule has 0 N–H and O–H groups in total. The SMILES string of the molecule is COC(C)OC(C)[SiH2]CCC1CCC2OC2C1. The molecule has 17 heavy (non-hydrogen) atoms. The number of epoxide rings is 1. The molecule has 100 valence electrons. The summed E-state index contributed by atoms with van der Waals surface area (Å²) in [4.78, 5) is 0. The van der Waals surface area contributed by atoms with Crippen molar-refractivity contribution in [1.82, 2.24) is 0 Å². The van der Waals surface area contributed by atoms with Crippen molar-refractivity contribution in [3.8, 4) is 0 Å². The Kier molecular flexibility index (Phi) is 5.03. The minimum Gasteiger partial charge on any atom is -0.370 e. The van der Waals surface area contributed by atoms with E-state index in [2.05, 4.69) is 6.92 Å². The van der Waals surface area contributed by atoms with E-state index in [0.29, 0.717) is 17.9 Å². The molecule has 1 heterocycles. The summed E-state index contributed by atoms with van der Waals surface area (Å²) in [5, 5.41) is 0. The second-order valence-corrected chi connectivity index (χ2v) is 8.01. The van der Waals surface area contributed by atoms with Crippen LogP contribution in [0.2, 0.25) is 6.04 Å². The topological polar surface area (TPSA) is 31.0 Å². The Labute approximate surface area is 107 Å². The number of hydrogen-bond donors (Lipinski definition) is 0. The van der Waals surface area contributed by atoms with Crippen molar-refractivity contribution in [3.63, 3.8) is 0 Å². The molecule has 2 rings (SSSR count). The quantitative estimate of drug-likeness (QED) is 0.397. The summed E-state index contributed by atoms with van der Waals surface area (Å²) in [6.07, 6.45) is 6.65. The minimum atomic E-state index is -0.108. The maximum Gasteiger partial charge on any atom is 0.154 e. The maximum absolute atomic E-state index is 5.73. The van der Waals surface area contributed by atoms with E-state index in [9.17, 15) is 0 Å². The lowest BCUT2D eigenvalue weighted by Crippen LogP contribution is -2.24. The molecule has 1 saturated heterocycles. The van der Waals surface area contributed by atoms with E-state index in [1.165, 1.54) is 31.7 Å². The average molecular weight is 258 g/mol. The predicted molar refractivity (Wildman–Crippen MR) is 71.0 cm³/mol. The highest BCUT2D eigenvalue weighted by Gasteiger charge is 2.43. The Balaban J connectivity index is 1.52. The molecule has 1 aliphatic heterocycles. The fourth-order valence-electron chi connectivity index (χ4n) is 2.89. The standard InChI is InChI=1S/C13H26O3Si/c1-9(14-3)15-10(2)17-7-6-11-4-5-12-13(8-11)16-12/h9-13H,4-8,17H2,1-3H3. The van der Waals surface area contributed by atoms with Gasteiger partial charge in [0.2, 0.25) is 0 Å². The van der Waals surface area contributed by atoms with E-state index >= 15 is 0 Å². The largest absolute Gasteiger partial charge is 0.370 e. The molecule has 0 spiro atoms. The zero-order chi connectivity index (χ0) is 12.3. The average Bonchev–Trinajstić information content (AvgIpc) is 3.07. The van der Waals surface area contributed by atoms with E-state index in [1.807, 2.05) is 6.92 Å². The molecule has 0 bridgehead atoms. The second kappa shape index (κ2) is 6.32. The lowest BCUT2D eigenvalue weighted by molar-refractivity contribution is -0.119. The van der Waals surface area contributed by atoms with Crippen LogP contribution in [0, 0.1) is 5.92 Å². The van der Waals surface area contributed by atoms with Gasteiger partial charge in [0.05, 0.1) is 21.7 Å². The first-order valence-electron chi connectivity index (χ1n) is 7.02. The third kappa shape index (κ3) is 4.36. The molecule has 0 amide bonds. The molecular weight excluding hydrogens is 232 g/mol. The van der Waals surface area contributed by atoms with Crippen LogP contribution in [0.15, 0.2) is 0 Å². The van der Waals surface area contributed by atoms with Crippen LogP contribution in [0.5, 0.6) is 0 Å². The van der Waals surface area contributed by atoms with Crippen LogP contribution in [0.1, 0.15) is 39.5 Å². The van der Waals surface area contributed by atoms with E-state index in [0.717, 1.165) is 5.92 Å². The van der Waals surface area contributed by atoms with Crippen molar-refractivity contribution in [3.05, 3.63) is 0 Å². The lowest BCUT2D eigenvalue weighted by Gasteiger charge is -2.21. The molecule has 0 aromatic heterocycles. The Morgan fingerprint density at radius 3 is 2.82 bits per heavy atom. The highest BCUT2D eigenvalue weighted by atomic mass is 28.2. The van der Waals surface area contributed by atoms with Gasteiger partial charge in [0.1, 0.15) is 0 Å². The first-order valence-corrected chi connectivity index (χ1v) is 8.84. The molecule has 3 nitrogen and oxygen atoms in total. The monoisotopic (exact) mass is 258 g/mol. The Hall–Kier alpha value is 0.0969. The molecule has 0 aromatic carbocycles. The Bertz CT molecular complexity index is 237. The van der Waals surface area contributed by atoms with E-state index in [4.69, 9.17) is 14.2 Å². The molecule has 0 aromatic rings. The smallest absolute Gasteiger partial charge is 0.154 e. The van der Waals surface area contributed by atoms with Crippen molar-refractivity contribution in [2.75, 3.05) is 7.11 Å². The summed E-state index contributed by atoms with van der Waals surface area (Å²) in [6, 6.07) is 1.40. The first-order chi connectivity index (χ1) is 8.19. The van der Waals surface area contributed by atoms with Gasteiger partial charge in [-0.25, -0.2) is 0 Å². The van der Waals surface area contributed by atoms with Crippen molar-refractivity contribution >= 4 is 9.52 Å². The van der Waals surface area contributed by atoms with Gasteiger partial charge in [0.15, 0.2) is 6.29 Å². The van der Waals surface area contributed by atoms with Crippen LogP contribution in [0.25, 0.3) is 0 Å². The summed E-state index contributed by atoms with van der Waals surface area (Å²) < 4.78 is 16.4. The van der Waals surface area contributed by atoms with Crippen molar-refractivity contribution < 1.29 is 14.2 Å². The summed E-state index contributed by atoms with van der Waals surface area (Å²) >= 11 is 0. The van der Waals surface area contributed by atoms with Gasteiger partial charge in [-0.2, -0.15) is 0 Å². The van der Waals surface area contributed by atoms with Crippen molar-refractivity contribution in [2.24, 2.45) is 5.92 Å². The lowest BCUT2D eigenvalue weighted by atomic mass is 9.88. The third-order valence-corrected chi connectivity index (χ3v) is 5.91. The highest BCUT2D eigenvalue weighted by Crippen LogP contribution is 2.40. The van der Waals surface area contributed by atoms with Gasteiger partial charge in [0, 0.05) is 12.8 Å². The fraction of sp³-hybridized carbons (Fsp3) is 1.00. The minimum absolute atomic E-state index is 0.0483. The van der Waals surface area contributed by atoms with Gasteiger partial charge in [-0.3, -0.25) is 0 Å². The van der Waals surface area contributed by atoms with Gasteiger partial charge in [-0.05, 0) is 39.0 Å². The van der Waals surface area contributed by atoms with Crippen LogP contribution in [0.4, 0.5) is 0 Å². The molecule has 5 atom stereocenters. The van der Waals surface area contributed by atoms with Crippen molar-refractivity contribution in [2.45, 2.75) is 69.8 Å².